The highest BCUT2D eigenvalue weighted by molar-refractivity contribution is 7.99. The largest absolute Gasteiger partial charge is 0.431 e. The molecule has 0 unspecified atom stereocenters. The van der Waals surface area contributed by atoms with Gasteiger partial charge in [0.05, 0.1) is 11.9 Å². The van der Waals surface area contributed by atoms with E-state index in [0.29, 0.717) is 24.3 Å². The van der Waals surface area contributed by atoms with Crippen LogP contribution >= 0.6 is 11.8 Å². The Morgan fingerprint density at radius 2 is 2.00 bits per heavy atom. The first-order valence-corrected chi connectivity index (χ1v) is 11.1. The van der Waals surface area contributed by atoms with Crippen LogP contribution in [0.3, 0.4) is 0 Å². The molecular weight excluding hydrogens is 437 g/mol. The van der Waals surface area contributed by atoms with Gasteiger partial charge in [-0.1, -0.05) is 25.1 Å². The van der Waals surface area contributed by atoms with Crippen LogP contribution in [-0.4, -0.2) is 32.7 Å². The second kappa shape index (κ2) is 10.3. The van der Waals surface area contributed by atoms with Crippen LogP contribution in [0.2, 0.25) is 0 Å². The van der Waals surface area contributed by atoms with Crippen molar-refractivity contribution in [2.75, 3.05) is 22.9 Å². The summed E-state index contributed by atoms with van der Waals surface area (Å²) in [5.41, 5.74) is 5.40. The van der Waals surface area contributed by atoms with Gasteiger partial charge in [-0.15, -0.1) is 0 Å². The Balaban J connectivity index is 1.77. The third-order valence-electron chi connectivity index (χ3n) is 4.77. The number of carbonyl (C=O) groups is 1. The fraction of sp³-hybridized carbons (Fsp3) is 0.333. The van der Waals surface area contributed by atoms with E-state index in [-0.39, 0.29) is 34.8 Å². The molecule has 2 aromatic heterocycles. The van der Waals surface area contributed by atoms with Gasteiger partial charge in [0.1, 0.15) is 11.6 Å². The van der Waals surface area contributed by atoms with Crippen LogP contribution < -0.4 is 21.9 Å². The number of thioether (sulfide) groups is 1. The molecule has 0 bridgehead atoms. The number of H-pyrrole nitrogens is 1. The molecule has 3 N–H and O–H groups in total. The number of nitrogens with zero attached hydrogens (tertiary/aromatic N) is 3. The van der Waals surface area contributed by atoms with Gasteiger partial charge in [-0.05, 0) is 37.6 Å². The molecule has 0 spiro atoms. The predicted octanol–water partition coefficient (Wildman–Crippen LogP) is 2.86. The maximum absolute atomic E-state index is 13.1. The number of rotatable bonds is 9. The summed E-state index contributed by atoms with van der Waals surface area (Å²) in [6.07, 6.45) is 3.03. The minimum absolute atomic E-state index is 0.0397. The third-order valence-corrected chi connectivity index (χ3v) is 5.60. The summed E-state index contributed by atoms with van der Waals surface area (Å²) in [5.74, 6) is -0.414. The number of hydrogen-bond donors (Lipinski definition) is 2. The van der Waals surface area contributed by atoms with Crippen molar-refractivity contribution >= 4 is 29.2 Å². The molecule has 0 saturated carbocycles. The van der Waals surface area contributed by atoms with Gasteiger partial charge in [-0.2, -0.15) is 0 Å². The fourth-order valence-corrected chi connectivity index (χ4v) is 3.79. The van der Waals surface area contributed by atoms with Crippen molar-refractivity contribution in [1.29, 1.82) is 0 Å². The molecule has 0 atom stereocenters. The minimum Gasteiger partial charge on any atom is -0.431 e. The molecule has 9 nitrogen and oxygen atoms in total. The van der Waals surface area contributed by atoms with Crippen molar-refractivity contribution in [2.24, 2.45) is 0 Å². The SMILES string of the molecule is CCCCn1c(N)c(N(CC)C(=O)CSc2ncc(-c3ccc(F)cc3)o2)c(=O)[nH]c1=O. The highest BCUT2D eigenvalue weighted by atomic mass is 32.2. The number of nitrogen functional groups attached to an aromatic ring is 1. The molecule has 11 heteroatoms. The summed E-state index contributed by atoms with van der Waals surface area (Å²) in [6.45, 7) is 4.21. The normalized spacial score (nSPS) is 11.0. The Hall–Kier alpha value is -3.34. The number of benzene rings is 1. The molecule has 1 aromatic carbocycles. The van der Waals surface area contributed by atoms with E-state index < -0.39 is 17.2 Å². The van der Waals surface area contributed by atoms with E-state index >= 15 is 0 Å². The molecule has 0 aliphatic carbocycles. The molecule has 0 aliphatic heterocycles. The Morgan fingerprint density at radius 1 is 1.28 bits per heavy atom. The molecule has 0 fully saturated rings. The number of carbonyl (C=O) groups excluding carboxylic acids is 1. The summed E-state index contributed by atoms with van der Waals surface area (Å²) in [5, 5.41) is 0.253. The van der Waals surface area contributed by atoms with Gasteiger partial charge in [0, 0.05) is 18.7 Å². The predicted molar refractivity (Wildman–Crippen MR) is 121 cm³/mol. The Labute approximate surface area is 187 Å². The molecule has 170 valence electrons. The van der Waals surface area contributed by atoms with Crippen LogP contribution in [0.4, 0.5) is 15.9 Å². The molecule has 3 rings (SSSR count). The summed E-state index contributed by atoms with van der Waals surface area (Å²) < 4.78 is 20.0. The molecule has 32 heavy (non-hydrogen) atoms. The second-order valence-corrected chi connectivity index (χ2v) is 7.85. The summed E-state index contributed by atoms with van der Waals surface area (Å²) in [6, 6.07) is 5.76. The number of halogens is 1. The average molecular weight is 462 g/mol. The first-order valence-electron chi connectivity index (χ1n) is 10.1. The molecule has 0 saturated heterocycles. The number of amides is 1. The van der Waals surface area contributed by atoms with E-state index in [1.165, 1.54) is 27.8 Å². The maximum atomic E-state index is 13.1. The number of aromatic nitrogens is 3. The van der Waals surface area contributed by atoms with Gasteiger partial charge >= 0.3 is 5.69 Å². The van der Waals surface area contributed by atoms with Crippen molar-refractivity contribution in [1.82, 2.24) is 14.5 Å². The minimum atomic E-state index is -0.713. The maximum Gasteiger partial charge on any atom is 0.330 e. The highest BCUT2D eigenvalue weighted by Crippen LogP contribution is 2.26. The molecular formula is C21H24FN5O4S. The van der Waals surface area contributed by atoms with Crippen LogP contribution in [0.15, 0.2) is 49.7 Å². The lowest BCUT2D eigenvalue weighted by Gasteiger charge is -2.22. The number of hydrogen-bond acceptors (Lipinski definition) is 7. The third kappa shape index (κ3) is 5.10. The van der Waals surface area contributed by atoms with Crippen LogP contribution in [0.25, 0.3) is 11.3 Å². The van der Waals surface area contributed by atoms with Crippen molar-refractivity contribution in [3.8, 4) is 11.3 Å². The number of unbranched alkanes of at least 4 members (excludes halogenated alkanes) is 1. The van der Waals surface area contributed by atoms with E-state index in [1.54, 1.807) is 19.1 Å². The van der Waals surface area contributed by atoms with Gasteiger partial charge in [0.25, 0.3) is 10.8 Å². The van der Waals surface area contributed by atoms with E-state index in [4.69, 9.17) is 10.2 Å². The van der Waals surface area contributed by atoms with Gasteiger partial charge in [-0.25, -0.2) is 14.2 Å². The quantitative estimate of drug-likeness (QED) is 0.469. The number of oxazole rings is 1. The summed E-state index contributed by atoms with van der Waals surface area (Å²) in [7, 11) is 0. The Bertz CT molecular complexity index is 1200. The average Bonchev–Trinajstić information content (AvgIpc) is 3.24. The zero-order chi connectivity index (χ0) is 23.3. The van der Waals surface area contributed by atoms with E-state index in [2.05, 4.69) is 9.97 Å². The number of aromatic amines is 1. The second-order valence-electron chi connectivity index (χ2n) is 6.92. The fourth-order valence-electron chi connectivity index (χ4n) is 3.11. The van der Waals surface area contributed by atoms with E-state index in [0.717, 1.165) is 18.2 Å². The molecule has 1 amide bonds. The van der Waals surface area contributed by atoms with Crippen molar-refractivity contribution in [3.63, 3.8) is 0 Å². The van der Waals surface area contributed by atoms with Crippen LogP contribution in [0.1, 0.15) is 26.7 Å². The Kier molecular flexibility index (Phi) is 7.52. The topological polar surface area (TPSA) is 127 Å². The lowest BCUT2D eigenvalue weighted by Crippen LogP contribution is -2.41. The van der Waals surface area contributed by atoms with E-state index in [1.807, 2.05) is 6.92 Å². The van der Waals surface area contributed by atoms with Crippen LogP contribution in [-0.2, 0) is 11.3 Å². The number of nitrogens with two attached hydrogens (primary N) is 1. The molecule has 3 aromatic rings. The van der Waals surface area contributed by atoms with Crippen LogP contribution in [0, 0.1) is 5.82 Å². The van der Waals surface area contributed by atoms with Gasteiger partial charge in [-0.3, -0.25) is 19.1 Å². The van der Waals surface area contributed by atoms with Crippen LogP contribution in [0.5, 0.6) is 0 Å². The van der Waals surface area contributed by atoms with Crippen molar-refractivity contribution in [3.05, 3.63) is 57.1 Å². The van der Waals surface area contributed by atoms with Crippen molar-refractivity contribution < 1.29 is 13.6 Å². The van der Waals surface area contributed by atoms with Gasteiger partial charge < -0.3 is 15.1 Å². The molecule has 2 heterocycles. The highest BCUT2D eigenvalue weighted by Gasteiger charge is 2.23. The standard InChI is InChI=1S/C21H24FN5O4S/c1-3-5-10-27-18(23)17(19(29)25-20(27)30)26(4-2)16(28)12-32-21-24-11-15(31-21)13-6-8-14(22)9-7-13/h6-9,11H,3-5,10,12,23H2,1-2H3,(H,25,29,30). The zero-order valence-electron chi connectivity index (χ0n) is 17.8. The Morgan fingerprint density at radius 3 is 2.66 bits per heavy atom. The van der Waals surface area contributed by atoms with Gasteiger partial charge in [0.2, 0.25) is 5.91 Å². The summed E-state index contributed by atoms with van der Waals surface area (Å²) >= 11 is 1.05. The first-order chi connectivity index (χ1) is 15.3. The smallest absolute Gasteiger partial charge is 0.330 e. The first kappa shape index (κ1) is 23.3. The summed E-state index contributed by atoms with van der Waals surface area (Å²) in [4.78, 5) is 45.1. The molecule has 0 radical (unpaired) electrons. The number of nitrogens with one attached hydrogen (secondary N) is 1. The molecule has 0 aliphatic rings. The van der Waals surface area contributed by atoms with Gasteiger partial charge in [0.15, 0.2) is 11.4 Å². The number of anilines is 2. The lowest BCUT2D eigenvalue weighted by molar-refractivity contribution is -0.116. The monoisotopic (exact) mass is 461 g/mol. The lowest BCUT2D eigenvalue weighted by atomic mass is 10.2. The van der Waals surface area contributed by atoms with E-state index in [9.17, 15) is 18.8 Å². The van der Waals surface area contributed by atoms with Crippen molar-refractivity contribution in [2.45, 2.75) is 38.5 Å². The zero-order valence-corrected chi connectivity index (χ0v) is 18.6.